The molecule has 1 amide bonds. The Morgan fingerprint density at radius 2 is 2.00 bits per heavy atom. The van der Waals surface area contributed by atoms with Crippen LogP contribution in [0.15, 0.2) is 60.4 Å². The van der Waals surface area contributed by atoms with Gasteiger partial charge >= 0.3 is 0 Å². The van der Waals surface area contributed by atoms with Gasteiger partial charge in [-0.05, 0) is 47.9 Å². The molecule has 184 valence electrons. The van der Waals surface area contributed by atoms with Gasteiger partial charge in [0.05, 0.1) is 32.1 Å². The molecule has 6 nitrogen and oxygen atoms in total. The number of fused-ring (bicyclic) bond motifs is 5. The number of rotatable bonds is 7. The van der Waals surface area contributed by atoms with E-state index in [4.69, 9.17) is 9.47 Å². The van der Waals surface area contributed by atoms with Crippen LogP contribution in [-0.4, -0.2) is 43.1 Å². The fraction of sp³-hybridized carbons (Fsp3) is 0.414. The van der Waals surface area contributed by atoms with Crippen molar-refractivity contribution in [3.05, 3.63) is 77.2 Å². The van der Waals surface area contributed by atoms with Crippen molar-refractivity contribution < 1.29 is 14.3 Å². The van der Waals surface area contributed by atoms with Crippen molar-refractivity contribution in [3.8, 4) is 5.75 Å². The molecule has 3 heterocycles. The molecule has 0 saturated carbocycles. The number of carbonyl (C=O) groups is 1. The van der Waals surface area contributed by atoms with Gasteiger partial charge in [0.2, 0.25) is 0 Å². The van der Waals surface area contributed by atoms with E-state index in [1.807, 2.05) is 42.5 Å². The van der Waals surface area contributed by atoms with Crippen LogP contribution in [0.2, 0.25) is 0 Å². The fourth-order valence-electron chi connectivity index (χ4n) is 6.07. The van der Waals surface area contributed by atoms with E-state index in [0.717, 1.165) is 54.8 Å². The van der Waals surface area contributed by atoms with Gasteiger partial charge in [0.15, 0.2) is 0 Å². The number of ether oxygens (including phenoxy) is 2. The molecular formula is C29H35N3O3. The molecule has 0 unspecified atom stereocenters. The summed E-state index contributed by atoms with van der Waals surface area (Å²) < 4.78 is 11.1. The highest BCUT2D eigenvalue weighted by molar-refractivity contribution is 5.94. The quantitative estimate of drug-likeness (QED) is 0.376. The van der Waals surface area contributed by atoms with Crippen molar-refractivity contribution in [3.63, 3.8) is 0 Å². The molecule has 35 heavy (non-hydrogen) atoms. The highest BCUT2D eigenvalue weighted by Gasteiger charge is 2.42. The van der Waals surface area contributed by atoms with Crippen LogP contribution in [0.3, 0.4) is 0 Å². The fourth-order valence-corrected chi connectivity index (χ4v) is 6.07. The number of carbonyl (C=O) groups excluding carboxylic acids is 1. The molecule has 1 fully saturated rings. The van der Waals surface area contributed by atoms with Crippen molar-refractivity contribution in [1.29, 1.82) is 0 Å². The Hall–Kier alpha value is -3.25. The van der Waals surface area contributed by atoms with Crippen molar-refractivity contribution in [2.24, 2.45) is 11.8 Å². The summed E-state index contributed by atoms with van der Waals surface area (Å²) in [6, 6.07) is 16.5. The topological polar surface area (TPSA) is 66.6 Å². The Kier molecular flexibility index (Phi) is 6.82. The maximum atomic E-state index is 13.4. The van der Waals surface area contributed by atoms with Crippen LogP contribution in [0.1, 0.15) is 42.6 Å². The highest BCUT2D eigenvalue weighted by Crippen LogP contribution is 2.47. The molecule has 2 aliphatic heterocycles. The van der Waals surface area contributed by atoms with E-state index in [-0.39, 0.29) is 17.9 Å². The first-order chi connectivity index (χ1) is 17.1. The number of amides is 1. The summed E-state index contributed by atoms with van der Waals surface area (Å²) in [6.07, 6.45) is 4.58. The minimum absolute atomic E-state index is 0.0399. The maximum absolute atomic E-state index is 13.4. The number of piperidine rings is 1. The standard InChI is InChI=1S/C29H35N3O3/c1-4-20-17-32-14-13-21-27-24(11-8-12-26(27)35-3)31-28(21)25(32)15-22(20)23(18-34-2)29(33)30-16-19-9-6-5-7-10-19/h5-12,18,20,22,25,31H,4,13-17H2,1-3H3,(H,30,33)/b23-18+/t20-,22+,25+/m1/s1. The minimum Gasteiger partial charge on any atom is -0.504 e. The van der Waals surface area contributed by atoms with Crippen LogP contribution >= 0.6 is 0 Å². The Bertz CT molecular complexity index is 1220. The Balaban J connectivity index is 1.44. The number of H-pyrrole nitrogens is 1. The van der Waals surface area contributed by atoms with E-state index in [1.165, 1.54) is 16.6 Å². The lowest BCUT2D eigenvalue weighted by atomic mass is 9.74. The van der Waals surface area contributed by atoms with Gasteiger partial charge in [-0.25, -0.2) is 0 Å². The molecule has 6 heteroatoms. The number of aromatic nitrogens is 1. The van der Waals surface area contributed by atoms with Crippen molar-refractivity contribution in [1.82, 2.24) is 15.2 Å². The van der Waals surface area contributed by atoms with E-state index in [1.54, 1.807) is 20.5 Å². The largest absolute Gasteiger partial charge is 0.504 e. The lowest BCUT2D eigenvalue weighted by molar-refractivity contribution is -0.119. The van der Waals surface area contributed by atoms with Crippen LogP contribution in [-0.2, 0) is 22.5 Å². The van der Waals surface area contributed by atoms with Gasteiger partial charge in [-0.1, -0.05) is 49.7 Å². The monoisotopic (exact) mass is 473 g/mol. The Morgan fingerprint density at radius 3 is 2.74 bits per heavy atom. The first kappa shape index (κ1) is 23.5. The molecule has 1 saturated heterocycles. The number of nitrogens with zero attached hydrogens (tertiary/aromatic N) is 1. The first-order valence-corrected chi connectivity index (χ1v) is 12.6. The summed E-state index contributed by atoms with van der Waals surface area (Å²) in [5.74, 6) is 1.40. The van der Waals surface area contributed by atoms with E-state index in [0.29, 0.717) is 12.5 Å². The highest BCUT2D eigenvalue weighted by atomic mass is 16.5. The van der Waals surface area contributed by atoms with E-state index < -0.39 is 0 Å². The SMILES string of the molecule is CC[C@@H]1CN2CCc3c([nH]c4cccc(OC)c34)[C@@H]2C[C@@H]1/C(=C\OC)C(=O)NCc1ccccc1. The minimum atomic E-state index is -0.0399. The molecule has 5 rings (SSSR count). The average Bonchev–Trinajstić information content (AvgIpc) is 3.29. The Morgan fingerprint density at radius 1 is 1.17 bits per heavy atom. The molecule has 2 aliphatic rings. The lowest BCUT2D eigenvalue weighted by Gasteiger charge is -2.46. The average molecular weight is 474 g/mol. The predicted octanol–water partition coefficient (Wildman–Crippen LogP) is 4.97. The molecule has 3 atom stereocenters. The number of aromatic amines is 1. The van der Waals surface area contributed by atoms with Gasteiger partial charge in [0.1, 0.15) is 5.75 Å². The third-order valence-corrected chi connectivity index (χ3v) is 7.81. The van der Waals surface area contributed by atoms with E-state index >= 15 is 0 Å². The normalized spacial score (nSPS) is 22.4. The zero-order chi connectivity index (χ0) is 24.4. The molecule has 0 aliphatic carbocycles. The van der Waals surface area contributed by atoms with E-state index in [2.05, 4.69) is 28.2 Å². The second-order valence-corrected chi connectivity index (χ2v) is 9.65. The van der Waals surface area contributed by atoms with Crippen LogP contribution < -0.4 is 10.1 Å². The second kappa shape index (κ2) is 10.2. The number of hydrogen-bond donors (Lipinski definition) is 2. The second-order valence-electron chi connectivity index (χ2n) is 9.65. The molecule has 3 aromatic rings. The summed E-state index contributed by atoms with van der Waals surface area (Å²) in [5, 5.41) is 4.33. The van der Waals surface area contributed by atoms with E-state index in [9.17, 15) is 4.79 Å². The smallest absolute Gasteiger partial charge is 0.250 e. The lowest BCUT2D eigenvalue weighted by Crippen LogP contribution is -2.47. The van der Waals surface area contributed by atoms with Crippen LogP contribution in [0.5, 0.6) is 5.75 Å². The predicted molar refractivity (Wildman–Crippen MR) is 138 cm³/mol. The number of hydrogen-bond acceptors (Lipinski definition) is 4. The zero-order valence-electron chi connectivity index (χ0n) is 20.8. The third-order valence-electron chi connectivity index (χ3n) is 7.81. The van der Waals surface area contributed by atoms with Gasteiger partial charge in [-0.15, -0.1) is 0 Å². The molecule has 0 radical (unpaired) electrons. The molecule has 2 N–H and O–H groups in total. The third kappa shape index (κ3) is 4.43. The van der Waals surface area contributed by atoms with Crippen LogP contribution in [0.25, 0.3) is 10.9 Å². The van der Waals surface area contributed by atoms with Gasteiger partial charge in [0.25, 0.3) is 5.91 Å². The number of benzene rings is 2. The summed E-state index contributed by atoms with van der Waals surface area (Å²) in [6.45, 7) is 4.74. The van der Waals surface area contributed by atoms with Gasteiger partial charge in [-0.3, -0.25) is 9.69 Å². The van der Waals surface area contributed by atoms with Crippen LogP contribution in [0, 0.1) is 11.8 Å². The van der Waals surface area contributed by atoms with Crippen molar-refractivity contribution >= 4 is 16.8 Å². The molecular weight excluding hydrogens is 438 g/mol. The maximum Gasteiger partial charge on any atom is 0.250 e. The van der Waals surface area contributed by atoms with Crippen molar-refractivity contribution in [2.75, 3.05) is 27.3 Å². The summed E-state index contributed by atoms with van der Waals surface area (Å²) in [5.41, 5.74) is 5.59. The molecule has 2 aromatic carbocycles. The summed E-state index contributed by atoms with van der Waals surface area (Å²) in [7, 11) is 3.37. The van der Waals surface area contributed by atoms with Gasteiger partial charge in [0, 0.05) is 36.2 Å². The van der Waals surface area contributed by atoms with Gasteiger partial charge in [-0.2, -0.15) is 0 Å². The summed E-state index contributed by atoms with van der Waals surface area (Å²) in [4.78, 5) is 19.7. The number of nitrogens with one attached hydrogen (secondary N) is 2. The number of methoxy groups -OCH3 is 2. The summed E-state index contributed by atoms with van der Waals surface area (Å²) >= 11 is 0. The van der Waals surface area contributed by atoms with Crippen LogP contribution in [0.4, 0.5) is 0 Å². The van der Waals surface area contributed by atoms with Crippen molar-refractivity contribution in [2.45, 2.75) is 38.8 Å². The molecule has 1 aromatic heterocycles. The molecule has 0 bridgehead atoms. The first-order valence-electron chi connectivity index (χ1n) is 12.6. The van der Waals surface area contributed by atoms with Gasteiger partial charge < -0.3 is 19.8 Å². The zero-order valence-corrected chi connectivity index (χ0v) is 20.8. The molecule has 0 spiro atoms. The Labute approximate surface area is 207 Å².